The molecule has 19 heavy (non-hydrogen) atoms. The topological polar surface area (TPSA) is 42.4 Å². The van der Waals surface area contributed by atoms with Gasteiger partial charge in [-0.1, -0.05) is 15.9 Å². The van der Waals surface area contributed by atoms with Gasteiger partial charge in [0, 0.05) is 27.3 Å². The lowest BCUT2D eigenvalue weighted by molar-refractivity contribution is 0.176. The molecule has 1 unspecified atom stereocenters. The van der Waals surface area contributed by atoms with E-state index in [1.807, 2.05) is 30.3 Å². The van der Waals surface area contributed by atoms with Gasteiger partial charge in [0.05, 0.1) is 13.2 Å². The Bertz CT molecular complexity index is 558. The molecule has 0 fully saturated rings. The summed E-state index contributed by atoms with van der Waals surface area (Å²) in [6.07, 6.45) is 1.56. The summed E-state index contributed by atoms with van der Waals surface area (Å²) in [5, 5.41) is 10.3. The molecule has 0 radical (unpaired) electrons. The summed E-state index contributed by atoms with van der Waals surface area (Å²) >= 11 is 6.78. The van der Waals surface area contributed by atoms with E-state index in [1.165, 1.54) is 0 Å². The van der Waals surface area contributed by atoms with E-state index in [-0.39, 0.29) is 0 Å². The van der Waals surface area contributed by atoms with Crippen molar-refractivity contribution in [2.45, 2.75) is 12.5 Å². The second-order valence-electron chi connectivity index (χ2n) is 4.08. The Labute approximate surface area is 128 Å². The van der Waals surface area contributed by atoms with E-state index >= 15 is 0 Å². The molecular weight excluding hydrogens is 374 g/mol. The van der Waals surface area contributed by atoms with E-state index < -0.39 is 6.10 Å². The molecule has 2 aromatic rings. The molecule has 0 aliphatic carbocycles. The maximum absolute atomic E-state index is 10.3. The van der Waals surface area contributed by atoms with Crippen molar-refractivity contribution in [1.29, 1.82) is 0 Å². The third kappa shape index (κ3) is 3.78. The van der Waals surface area contributed by atoms with Crippen molar-refractivity contribution in [3.8, 4) is 5.75 Å². The molecule has 0 amide bonds. The predicted octanol–water partition coefficient (Wildman–Crippen LogP) is 3.89. The van der Waals surface area contributed by atoms with Crippen LogP contribution in [0.5, 0.6) is 5.75 Å². The maximum Gasteiger partial charge on any atom is 0.119 e. The van der Waals surface area contributed by atoms with Gasteiger partial charge in [-0.15, -0.1) is 0 Å². The number of hydrogen-bond acceptors (Lipinski definition) is 3. The van der Waals surface area contributed by atoms with Crippen LogP contribution in [0.4, 0.5) is 0 Å². The first kappa shape index (κ1) is 14.5. The van der Waals surface area contributed by atoms with Crippen molar-refractivity contribution in [2.75, 3.05) is 7.11 Å². The molecule has 0 bridgehead atoms. The van der Waals surface area contributed by atoms with E-state index in [2.05, 4.69) is 36.8 Å². The van der Waals surface area contributed by atoms with Gasteiger partial charge in [-0.25, -0.2) is 0 Å². The number of rotatable bonds is 4. The normalized spacial score (nSPS) is 12.2. The maximum atomic E-state index is 10.3. The van der Waals surface area contributed by atoms with Gasteiger partial charge >= 0.3 is 0 Å². The number of aliphatic hydroxyl groups excluding tert-OH is 1. The van der Waals surface area contributed by atoms with E-state index in [4.69, 9.17) is 4.74 Å². The molecule has 3 nitrogen and oxygen atoms in total. The van der Waals surface area contributed by atoms with Gasteiger partial charge in [0.2, 0.25) is 0 Å². The summed E-state index contributed by atoms with van der Waals surface area (Å²) in [4.78, 5) is 4.26. The Morgan fingerprint density at radius 2 is 2.05 bits per heavy atom. The fourth-order valence-corrected chi connectivity index (χ4v) is 2.48. The molecule has 100 valence electrons. The largest absolute Gasteiger partial charge is 0.497 e. The Hall–Kier alpha value is -0.910. The average Bonchev–Trinajstić information content (AvgIpc) is 2.42. The lowest BCUT2D eigenvalue weighted by atomic mass is 10.0. The Morgan fingerprint density at radius 1 is 1.26 bits per heavy atom. The van der Waals surface area contributed by atoms with Gasteiger partial charge in [0.15, 0.2) is 0 Å². The van der Waals surface area contributed by atoms with E-state index in [9.17, 15) is 5.11 Å². The van der Waals surface area contributed by atoms with Crippen LogP contribution in [0.25, 0.3) is 0 Å². The van der Waals surface area contributed by atoms with Crippen molar-refractivity contribution in [3.63, 3.8) is 0 Å². The highest BCUT2D eigenvalue weighted by molar-refractivity contribution is 9.10. The number of methoxy groups -OCH3 is 1. The molecule has 0 aliphatic rings. The molecule has 0 saturated carbocycles. The van der Waals surface area contributed by atoms with Crippen LogP contribution in [-0.4, -0.2) is 17.2 Å². The number of hydrogen-bond donors (Lipinski definition) is 1. The van der Waals surface area contributed by atoms with Crippen LogP contribution >= 0.6 is 31.9 Å². The Balaban J connectivity index is 2.19. The van der Waals surface area contributed by atoms with Crippen molar-refractivity contribution in [2.24, 2.45) is 0 Å². The number of halogens is 2. The minimum atomic E-state index is -0.627. The molecule has 1 N–H and O–H groups in total. The zero-order chi connectivity index (χ0) is 13.8. The monoisotopic (exact) mass is 385 g/mol. The molecule has 0 spiro atoms. The first-order valence-electron chi connectivity index (χ1n) is 5.72. The molecular formula is C14H13Br2NO2. The molecule has 1 atom stereocenters. The Morgan fingerprint density at radius 3 is 2.68 bits per heavy atom. The zero-order valence-electron chi connectivity index (χ0n) is 10.3. The van der Waals surface area contributed by atoms with Gasteiger partial charge in [0.25, 0.3) is 0 Å². The van der Waals surface area contributed by atoms with Crippen LogP contribution in [0.3, 0.4) is 0 Å². The van der Waals surface area contributed by atoms with Crippen LogP contribution in [0.2, 0.25) is 0 Å². The SMILES string of the molecule is COc1ccc(Br)c(C(O)Cc2ccc(Br)cn2)c1. The van der Waals surface area contributed by atoms with Gasteiger partial charge in [-0.2, -0.15) is 0 Å². The number of nitrogens with zero attached hydrogens (tertiary/aromatic N) is 1. The highest BCUT2D eigenvalue weighted by atomic mass is 79.9. The van der Waals surface area contributed by atoms with Crippen LogP contribution in [0.1, 0.15) is 17.4 Å². The fourth-order valence-electron chi connectivity index (χ4n) is 1.74. The smallest absolute Gasteiger partial charge is 0.119 e. The summed E-state index contributed by atoms with van der Waals surface area (Å²) in [5.74, 6) is 0.723. The summed E-state index contributed by atoms with van der Waals surface area (Å²) in [7, 11) is 1.61. The summed E-state index contributed by atoms with van der Waals surface area (Å²) in [6, 6.07) is 9.34. The minimum Gasteiger partial charge on any atom is -0.497 e. The molecule has 0 aliphatic heterocycles. The first-order chi connectivity index (χ1) is 9.10. The number of ether oxygens (including phenoxy) is 1. The van der Waals surface area contributed by atoms with E-state index in [0.29, 0.717) is 6.42 Å². The summed E-state index contributed by atoms with van der Waals surface area (Å²) in [6.45, 7) is 0. The number of benzene rings is 1. The van der Waals surface area contributed by atoms with Gasteiger partial charge < -0.3 is 9.84 Å². The second kappa shape index (κ2) is 6.50. The molecule has 0 saturated heterocycles. The minimum absolute atomic E-state index is 0.457. The molecule has 5 heteroatoms. The summed E-state index contributed by atoms with van der Waals surface area (Å²) < 4.78 is 6.96. The standard InChI is InChI=1S/C14H13Br2NO2/c1-19-11-4-5-13(16)12(7-11)14(18)6-10-3-2-9(15)8-17-10/h2-5,7-8,14,18H,6H2,1H3. The van der Waals surface area contributed by atoms with E-state index in [1.54, 1.807) is 13.3 Å². The average molecular weight is 387 g/mol. The third-order valence-electron chi connectivity index (χ3n) is 2.75. The molecule has 1 heterocycles. The number of pyridine rings is 1. The highest BCUT2D eigenvalue weighted by Crippen LogP contribution is 2.29. The van der Waals surface area contributed by atoms with Gasteiger partial charge in [0.1, 0.15) is 5.75 Å². The third-order valence-corrected chi connectivity index (χ3v) is 3.94. The van der Waals surface area contributed by atoms with Gasteiger partial charge in [-0.3, -0.25) is 4.98 Å². The summed E-state index contributed by atoms with van der Waals surface area (Å²) in [5.41, 5.74) is 1.63. The highest BCUT2D eigenvalue weighted by Gasteiger charge is 2.14. The van der Waals surface area contributed by atoms with E-state index in [0.717, 1.165) is 26.0 Å². The quantitative estimate of drug-likeness (QED) is 0.866. The second-order valence-corrected chi connectivity index (χ2v) is 5.85. The van der Waals surface area contributed by atoms with Crippen molar-refractivity contribution in [3.05, 3.63) is 56.7 Å². The van der Waals surface area contributed by atoms with Crippen molar-refractivity contribution in [1.82, 2.24) is 4.98 Å². The predicted molar refractivity (Wildman–Crippen MR) is 81.3 cm³/mol. The first-order valence-corrected chi connectivity index (χ1v) is 7.30. The van der Waals surface area contributed by atoms with Crippen LogP contribution in [0.15, 0.2) is 45.5 Å². The molecule has 1 aromatic heterocycles. The lowest BCUT2D eigenvalue weighted by Crippen LogP contribution is -2.04. The molecule has 2 rings (SSSR count). The van der Waals surface area contributed by atoms with Crippen LogP contribution in [0, 0.1) is 0 Å². The molecule has 1 aromatic carbocycles. The zero-order valence-corrected chi connectivity index (χ0v) is 13.5. The number of aliphatic hydroxyl groups is 1. The van der Waals surface area contributed by atoms with Crippen LogP contribution < -0.4 is 4.74 Å². The van der Waals surface area contributed by atoms with Crippen molar-refractivity contribution < 1.29 is 9.84 Å². The van der Waals surface area contributed by atoms with Gasteiger partial charge in [-0.05, 0) is 51.8 Å². The number of aromatic nitrogens is 1. The van der Waals surface area contributed by atoms with Crippen LogP contribution in [-0.2, 0) is 6.42 Å². The lowest BCUT2D eigenvalue weighted by Gasteiger charge is -2.14. The van der Waals surface area contributed by atoms with Crippen molar-refractivity contribution >= 4 is 31.9 Å². The Kier molecular flexibility index (Phi) is 4.96. The fraction of sp³-hybridized carbons (Fsp3) is 0.214.